The third-order valence-corrected chi connectivity index (χ3v) is 3.03. The van der Waals surface area contributed by atoms with Crippen LogP contribution >= 0.6 is 11.6 Å². The lowest BCUT2D eigenvalue weighted by Crippen LogP contribution is -2.01. The fourth-order valence-corrected chi connectivity index (χ4v) is 1.59. The minimum Gasteiger partial charge on any atom is -0.393 e. The van der Waals surface area contributed by atoms with Crippen molar-refractivity contribution >= 4 is 23.0 Å². The predicted octanol–water partition coefficient (Wildman–Crippen LogP) is 2.40. The Morgan fingerprint density at radius 2 is 2.14 bits per heavy atom. The molecule has 1 aliphatic carbocycles. The number of anilines is 1. The van der Waals surface area contributed by atoms with Crippen LogP contribution in [0, 0.1) is 10.1 Å². The van der Waals surface area contributed by atoms with Crippen LogP contribution in [0.1, 0.15) is 18.4 Å². The van der Waals surface area contributed by atoms with E-state index in [4.69, 9.17) is 17.3 Å². The molecule has 0 radical (unpaired) electrons. The molecule has 14 heavy (non-hydrogen) atoms. The van der Waals surface area contributed by atoms with E-state index in [-0.39, 0.29) is 16.2 Å². The summed E-state index contributed by atoms with van der Waals surface area (Å²) in [6.07, 6.45) is 1.74. The maximum absolute atomic E-state index is 10.6. The highest BCUT2D eigenvalue weighted by Gasteiger charge is 2.43. The van der Waals surface area contributed by atoms with Gasteiger partial charge in [0.05, 0.1) is 9.80 Å². The minimum atomic E-state index is -0.485. The fraction of sp³-hybridized carbons (Fsp3) is 0.333. The second-order valence-corrected chi connectivity index (χ2v) is 4.22. The quantitative estimate of drug-likeness (QED) is 0.354. The second-order valence-electron chi connectivity index (χ2n) is 3.50. The van der Waals surface area contributed by atoms with Gasteiger partial charge in [-0.3, -0.25) is 10.1 Å². The highest BCUT2D eigenvalue weighted by Crippen LogP contribution is 2.52. The van der Waals surface area contributed by atoms with Crippen molar-refractivity contribution in [2.45, 2.75) is 17.7 Å². The zero-order valence-electron chi connectivity index (χ0n) is 7.37. The van der Waals surface area contributed by atoms with Gasteiger partial charge < -0.3 is 5.73 Å². The number of alkyl halides is 1. The van der Waals surface area contributed by atoms with E-state index < -0.39 is 4.92 Å². The van der Waals surface area contributed by atoms with E-state index in [0.717, 1.165) is 18.4 Å². The largest absolute Gasteiger partial charge is 0.393 e. The Balaban J connectivity index is 2.46. The standard InChI is InChI=1S/C9H9ClN2O2/c10-9(3-4-9)6-1-2-7(11)8(5-6)12(13)14/h1-2,5H,3-4,11H2. The van der Waals surface area contributed by atoms with Gasteiger partial charge in [-0.1, -0.05) is 6.07 Å². The summed E-state index contributed by atoms with van der Waals surface area (Å²) in [6, 6.07) is 4.76. The monoisotopic (exact) mass is 212 g/mol. The van der Waals surface area contributed by atoms with Gasteiger partial charge in [-0.05, 0) is 24.5 Å². The number of hydrogen-bond donors (Lipinski definition) is 1. The lowest BCUT2D eigenvalue weighted by Gasteiger charge is -2.06. The molecule has 0 unspecified atom stereocenters. The Bertz CT molecular complexity index is 402. The molecule has 2 rings (SSSR count). The average Bonchev–Trinajstić information content (AvgIpc) is 2.85. The maximum atomic E-state index is 10.6. The molecule has 1 aliphatic rings. The summed E-state index contributed by atoms with van der Waals surface area (Å²) in [5.74, 6) is 0. The van der Waals surface area contributed by atoms with Gasteiger partial charge >= 0.3 is 0 Å². The Hall–Kier alpha value is -1.29. The van der Waals surface area contributed by atoms with Crippen molar-refractivity contribution in [1.29, 1.82) is 0 Å². The average molecular weight is 213 g/mol. The molecule has 0 amide bonds. The Morgan fingerprint density at radius 1 is 1.50 bits per heavy atom. The summed E-state index contributed by atoms with van der Waals surface area (Å²) in [5.41, 5.74) is 6.38. The normalized spacial score (nSPS) is 17.8. The molecule has 1 saturated carbocycles. The lowest BCUT2D eigenvalue weighted by atomic mass is 10.1. The van der Waals surface area contributed by atoms with Crippen molar-refractivity contribution in [1.82, 2.24) is 0 Å². The molecule has 0 saturated heterocycles. The molecule has 0 atom stereocenters. The summed E-state index contributed by atoms with van der Waals surface area (Å²) in [4.78, 5) is 9.74. The molecule has 0 aromatic heterocycles. The van der Waals surface area contributed by atoms with Crippen molar-refractivity contribution in [3.63, 3.8) is 0 Å². The third-order valence-electron chi connectivity index (χ3n) is 2.43. The summed E-state index contributed by atoms with van der Waals surface area (Å²) in [5, 5.41) is 10.6. The molecule has 1 aromatic carbocycles. The fourth-order valence-electron chi connectivity index (χ4n) is 1.38. The molecule has 0 spiro atoms. The van der Waals surface area contributed by atoms with Crippen molar-refractivity contribution in [3.05, 3.63) is 33.9 Å². The first kappa shape index (κ1) is 9.27. The molecule has 1 fully saturated rings. The van der Waals surface area contributed by atoms with Crippen LogP contribution in [0.5, 0.6) is 0 Å². The Kier molecular flexibility index (Phi) is 1.89. The van der Waals surface area contributed by atoms with Gasteiger partial charge in [-0.25, -0.2) is 0 Å². The van der Waals surface area contributed by atoms with E-state index in [0.29, 0.717) is 0 Å². The van der Waals surface area contributed by atoms with Crippen LogP contribution in [0.2, 0.25) is 0 Å². The van der Waals surface area contributed by atoms with Crippen molar-refractivity contribution in [2.24, 2.45) is 0 Å². The van der Waals surface area contributed by atoms with Crippen LogP contribution in [0.25, 0.3) is 0 Å². The zero-order valence-corrected chi connectivity index (χ0v) is 8.12. The van der Waals surface area contributed by atoms with Crippen molar-refractivity contribution < 1.29 is 4.92 Å². The summed E-state index contributed by atoms with van der Waals surface area (Å²) >= 11 is 6.14. The van der Waals surface area contributed by atoms with Crippen molar-refractivity contribution in [3.8, 4) is 0 Å². The highest BCUT2D eigenvalue weighted by atomic mass is 35.5. The van der Waals surface area contributed by atoms with Crippen LogP contribution in [-0.4, -0.2) is 4.92 Å². The molecular weight excluding hydrogens is 204 g/mol. The van der Waals surface area contributed by atoms with E-state index in [9.17, 15) is 10.1 Å². The van der Waals surface area contributed by atoms with Gasteiger partial charge in [0, 0.05) is 6.07 Å². The third kappa shape index (κ3) is 1.42. The number of halogens is 1. The number of nitrogens with zero attached hydrogens (tertiary/aromatic N) is 1. The number of nitrogen functional groups attached to an aromatic ring is 1. The number of rotatable bonds is 2. The van der Waals surface area contributed by atoms with Gasteiger partial charge in [0.15, 0.2) is 0 Å². The molecule has 0 heterocycles. The molecule has 74 valence electrons. The van der Waals surface area contributed by atoms with Crippen LogP contribution in [-0.2, 0) is 4.87 Å². The summed E-state index contributed by atoms with van der Waals surface area (Å²) in [6.45, 7) is 0. The Labute approximate surface area is 85.8 Å². The number of hydrogen-bond acceptors (Lipinski definition) is 3. The van der Waals surface area contributed by atoms with Crippen LogP contribution in [0.4, 0.5) is 11.4 Å². The molecule has 1 aromatic rings. The first-order valence-electron chi connectivity index (χ1n) is 4.26. The van der Waals surface area contributed by atoms with Crippen molar-refractivity contribution in [2.75, 3.05) is 5.73 Å². The smallest absolute Gasteiger partial charge is 0.292 e. The topological polar surface area (TPSA) is 69.2 Å². The van der Waals surface area contributed by atoms with E-state index in [2.05, 4.69) is 0 Å². The molecule has 5 heteroatoms. The summed E-state index contributed by atoms with van der Waals surface area (Å²) < 4.78 is 0. The molecule has 4 nitrogen and oxygen atoms in total. The second kappa shape index (κ2) is 2.85. The van der Waals surface area contributed by atoms with E-state index in [1.54, 1.807) is 6.07 Å². The van der Waals surface area contributed by atoms with Gasteiger partial charge in [0.2, 0.25) is 0 Å². The number of benzene rings is 1. The van der Waals surface area contributed by atoms with Crippen LogP contribution < -0.4 is 5.73 Å². The number of nitro benzene ring substituents is 1. The maximum Gasteiger partial charge on any atom is 0.292 e. The van der Waals surface area contributed by atoms with Crippen LogP contribution in [0.3, 0.4) is 0 Å². The van der Waals surface area contributed by atoms with Gasteiger partial charge in [0.1, 0.15) is 5.69 Å². The van der Waals surface area contributed by atoms with E-state index in [1.807, 2.05) is 0 Å². The minimum absolute atomic E-state index is 0.0607. The molecule has 0 aliphatic heterocycles. The summed E-state index contributed by atoms with van der Waals surface area (Å²) in [7, 11) is 0. The molecule has 2 N–H and O–H groups in total. The van der Waals surface area contributed by atoms with E-state index in [1.165, 1.54) is 12.1 Å². The predicted molar refractivity (Wildman–Crippen MR) is 54.3 cm³/mol. The molecule has 0 bridgehead atoms. The number of nitrogens with two attached hydrogens (primary N) is 1. The first-order chi connectivity index (χ1) is 6.53. The highest BCUT2D eigenvalue weighted by molar-refractivity contribution is 6.25. The van der Waals surface area contributed by atoms with Crippen LogP contribution in [0.15, 0.2) is 18.2 Å². The first-order valence-corrected chi connectivity index (χ1v) is 4.64. The Morgan fingerprint density at radius 3 is 2.64 bits per heavy atom. The van der Waals surface area contributed by atoms with Gasteiger partial charge in [0.25, 0.3) is 5.69 Å². The van der Waals surface area contributed by atoms with Gasteiger partial charge in [-0.2, -0.15) is 0 Å². The van der Waals surface area contributed by atoms with E-state index >= 15 is 0 Å². The lowest BCUT2D eigenvalue weighted by molar-refractivity contribution is -0.384. The SMILES string of the molecule is Nc1ccc(C2(Cl)CC2)cc1[N+](=O)[O-]. The van der Waals surface area contributed by atoms with Gasteiger partial charge in [-0.15, -0.1) is 11.6 Å². The zero-order chi connectivity index (χ0) is 10.3. The number of nitro groups is 1. The molecular formula is C9H9ClN2O2.